The fourth-order valence-electron chi connectivity index (χ4n) is 1.95. The van der Waals surface area contributed by atoms with Gasteiger partial charge in [0.1, 0.15) is 5.82 Å². The summed E-state index contributed by atoms with van der Waals surface area (Å²) in [5, 5.41) is 2.18. The van der Waals surface area contributed by atoms with Gasteiger partial charge >= 0.3 is 12.1 Å². The van der Waals surface area contributed by atoms with Gasteiger partial charge in [0.05, 0.1) is 17.0 Å². The van der Waals surface area contributed by atoms with Gasteiger partial charge in [0.2, 0.25) is 0 Å². The summed E-state index contributed by atoms with van der Waals surface area (Å²) in [5.41, 5.74) is -0.291. The molecule has 0 heterocycles. The molecule has 2 aromatic rings. The van der Waals surface area contributed by atoms with E-state index in [1.165, 1.54) is 12.1 Å². The third-order valence-corrected chi connectivity index (χ3v) is 3.49. The van der Waals surface area contributed by atoms with E-state index in [1.807, 2.05) is 0 Å². The third kappa shape index (κ3) is 5.73. The summed E-state index contributed by atoms with van der Waals surface area (Å²) in [6.07, 6.45) is -4.74. The number of amides is 1. The second-order valence-corrected chi connectivity index (χ2v) is 5.62. The molecule has 4 nitrogen and oxygen atoms in total. The molecule has 0 aliphatic rings. The van der Waals surface area contributed by atoms with Crippen LogP contribution in [0.25, 0.3) is 0 Å². The van der Waals surface area contributed by atoms with Crippen molar-refractivity contribution in [3.05, 3.63) is 64.4 Å². The van der Waals surface area contributed by atoms with Crippen LogP contribution in [0.3, 0.4) is 0 Å². The van der Waals surface area contributed by atoms with Gasteiger partial charge in [0.15, 0.2) is 6.61 Å². The standard InChI is InChI=1S/C17H12ClF4NO3/c18-13-8-12(5-6-14(13)19)23-15(24)9-26-16(25)7-10-1-3-11(4-2-10)17(20,21)22/h1-6,8H,7,9H2,(H,23,24). The Morgan fingerprint density at radius 1 is 1.08 bits per heavy atom. The molecule has 0 saturated carbocycles. The summed E-state index contributed by atoms with van der Waals surface area (Å²) in [6, 6.07) is 7.56. The highest BCUT2D eigenvalue weighted by Gasteiger charge is 2.30. The molecule has 26 heavy (non-hydrogen) atoms. The van der Waals surface area contributed by atoms with Gasteiger partial charge in [-0.3, -0.25) is 9.59 Å². The summed E-state index contributed by atoms with van der Waals surface area (Å²) in [6.45, 7) is -0.603. The zero-order chi connectivity index (χ0) is 19.3. The first-order valence-electron chi connectivity index (χ1n) is 7.22. The average Bonchev–Trinajstić information content (AvgIpc) is 2.56. The van der Waals surface area contributed by atoms with Crippen LogP contribution in [0.15, 0.2) is 42.5 Å². The fourth-order valence-corrected chi connectivity index (χ4v) is 2.13. The molecule has 0 aliphatic carbocycles. The lowest BCUT2D eigenvalue weighted by Crippen LogP contribution is -2.21. The molecule has 0 unspecified atom stereocenters. The first kappa shape index (κ1) is 19.7. The number of carbonyl (C=O) groups excluding carboxylic acids is 2. The maximum absolute atomic E-state index is 13.0. The van der Waals surface area contributed by atoms with Gasteiger partial charge in [-0.25, -0.2) is 4.39 Å². The van der Waals surface area contributed by atoms with Gasteiger partial charge in [0, 0.05) is 5.69 Å². The number of hydrogen-bond donors (Lipinski definition) is 1. The van der Waals surface area contributed by atoms with Crippen molar-refractivity contribution < 1.29 is 31.9 Å². The minimum absolute atomic E-state index is 0.179. The first-order valence-corrected chi connectivity index (χ1v) is 7.59. The van der Waals surface area contributed by atoms with Crippen LogP contribution in [0, 0.1) is 5.82 Å². The van der Waals surface area contributed by atoms with E-state index in [0.29, 0.717) is 5.56 Å². The molecule has 0 fully saturated rings. The minimum atomic E-state index is -4.46. The molecule has 0 radical (unpaired) electrons. The highest BCUT2D eigenvalue weighted by atomic mass is 35.5. The lowest BCUT2D eigenvalue weighted by atomic mass is 10.1. The SMILES string of the molecule is O=C(COC(=O)Cc1ccc(C(F)(F)F)cc1)Nc1ccc(F)c(Cl)c1. The Hall–Kier alpha value is -2.61. The Bertz CT molecular complexity index is 807. The monoisotopic (exact) mass is 389 g/mol. The van der Waals surface area contributed by atoms with E-state index in [4.69, 9.17) is 16.3 Å². The number of rotatable bonds is 5. The highest BCUT2D eigenvalue weighted by molar-refractivity contribution is 6.31. The maximum atomic E-state index is 13.0. The van der Waals surface area contributed by atoms with Crippen LogP contribution in [0.2, 0.25) is 5.02 Å². The maximum Gasteiger partial charge on any atom is 0.416 e. The third-order valence-electron chi connectivity index (χ3n) is 3.20. The Labute approximate surface area is 150 Å². The van der Waals surface area contributed by atoms with Crippen molar-refractivity contribution >= 4 is 29.2 Å². The van der Waals surface area contributed by atoms with Crippen molar-refractivity contribution in [1.29, 1.82) is 0 Å². The van der Waals surface area contributed by atoms with Crippen molar-refractivity contribution in [3.63, 3.8) is 0 Å². The lowest BCUT2D eigenvalue weighted by Gasteiger charge is -2.09. The van der Waals surface area contributed by atoms with Crippen LogP contribution in [0.1, 0.15) is 11.1 Å². The molecule has 9 heteroatoms. The van der Waals surface area contributed by atoms with E-state index in [0.717, 1.165) is 30.3 Å². The van der Waals surface area contributed by atoms with Crippen LogP contribution in [0.4, 0.5) is 23.2 Å². The minimum Gasteiger partial charge on any atom is -0.455 e. The topological polar surface area (TPSA) is 55.4 Å². The van der Waals surface area contributed by atoms with E-state index in [9.17, 15) is 27.2 Å². The van der Waals surface area contributed by atoms with Gasteiger partial charge in [-0.1, -0.05) is 23.7 Å². The number of halogens is 5. The molecule has 1 amide bonds. The zero-order valence-electron chi connectivity index (χ0n) is 13.1. The predicted octanol–water partition coefficient (Wildman–Crippen LogP) is 4.22. The van der Waals surface area contributed by atoms with Crippen LogP contribution < -0.4 is 5.32 Å². The molecule has 0 saturated heterocycles. The molecule has 1 N–H and O–H groups in total. The second-order valence-electron chi connectivity index (χ2n) is 5.21. The zero-order valence-corrected chi connectivity index (χ0v) is 13.8. The quantitative estimate of drug-likeness (QED) is 0.615. The van der Waals surface area contributed by atoms with Crippen molar-refractivity contribution in [2.24, 2.45) is 0 Å². The van der Waals surface area contributed by atoms with E-state index < -0.39 is 36.0 Å². The van der Waals surface area contributed by atoms with Crippen LogP contribution >= 0.6 is 11.6 Å². The smallest absolute Gasteiger partial charge is 0.416 e. The Morgan fingerprint density at radius 2 is 1.73 bits per heavy atom. The molecule has 138 valence electrons. The number of anilines is 1. The van der Waals surface area contributed by atoms with E-state index >= 15 is 0 Å². The molecule has 0 atom stereocenters. The molecule has 0 aliphatic heterocycles. The van der Waals surface area contributed by atoms with Gasteiger partial charge in [-0.2, -0.15) is 13.2 Å². The van der Waals surface area contributed by atoms with Gasteiger partial charge in [-0.05, 0) is 35.9 Å². The first-order chi connectivity index (χ1) is 12.1. The number of carbonyl (C=O) groups is 2. The number of alkyl halides is 3. The molecular formula is C17H12ClF4NO3. The molecule has 2 aromatic carbocycles. The van der Waals surface area contributed by atoms with Crippen molar-refractivity contribution in [3.8, 4) is 0 Å². The van der Waals surface area contributed by atoms with Crippen molar-refractivity contribution in [1.82, 2.24) is 0 Å². The highest BCUT2D eigenvalue weighted by Crippen LogP contribution is 2.29. The van der Waals surface area contributed by atoms with Crippen LogP contribution in [-0.4, -0.2) is 18.5 Å². The van der Waals surface area contributed by atoms with Crippen molar-refractivity contribution in [2.45, 2.75) is 12.6 Å². The summed E-state index contributed by atoms with van der Waals surface area (Å²) in [5.74, 6) is -2.10. The molecule has 0 aromatic heterocycles. The molecule has 2 rings (SSSR count). The second kappa shape index (κ2) is 8.18. The summed E-state index contributed by atoms with van der Waals surface area (Å²) < 4.78 is 55.1. The Balaban J connectivity index is 1.82. The van der Waals surface area contributed by atoms with Crippen molar-refractivity contribution in [2.75, 3.05) is 11.9 Å². The summed E-state index contributed by atoms with van der Waals surface area (Å²) >= 11 is 5.57. The van der Waals surface area contributed by atoms with E-state index in [-0.39, 0.29) is 17.1 Å². The Morgan fingerprint density at radius 3 is 2.31 bits per heavy atom. The number of esters is 1. The molecular weight excluding hydrogens is 378 g/mol. The van der Waals surface area contributed by atoms with Crippen LogP contribution in [0.5, 0.6) is 0 Å². The predicted molar refractivity (Wildman–Crippen MR) is 86.1 cm³/mol. The number of ether oxygens (including phenoxy) is 1. The largest absolute Gasteiger partial charge is 0.455 e. The fraction of sp³-hybridized carbons (Fsp3) is 0.176. The number of benzene rings is 2. The molecule has 0 bridgehead atoms. The van der Waals surface area contributed by atoms with E-state index in [1.54, 1.807) is 0 Å². The van der Waals surface area contributed by atoms with E-state index in [2.05, 4.69) is 5.32 Å². The molecule has 0 spiro atoms. The van der Waals surface area contributed by atoms with Gasteiger partial charge in [0.25, 0.3) is 5.91 Å². The van der Waals surface area contributed by atoms with Gasteiger partial charge < -0.3 is 10.1 Å². The summed E-state index contributed by atoms with van der Waals surface area (Å²) in [4.78, 5) is 23.3. The number of nitrogens with one attached hydrogen (secondary N) is 1. The van der Waals surface area contributed by atoms with Crippen LogP contribution in [-0.2, 0) is 26.9 Å². The lowest BCUT2D eigenvalue weighted by molar-refractivity contribution is -0.146. The normalized spacial score (nSPS) is 11.1. The summed E-state index contributed by atoms with van der Waals surface area (Å²) in [7, 11) is 0. The average molecular weight is 390 g/mol. The van der Waals surface area contributed by atoms with Gasteiger partial charge in [-0.15, -0.1) is 0 Å². The Kier molecular flexibility index (Phi) is 6.20. The number of hydrogen-bond acceptors (Lipinski definition) is 3.